The van der Waals surface area contributed by atoms with E-state index in [1.807, 2.05) is 11.6 Å². The highest BCUT2D eigenvalue weighted by atomic mass is 32.2. The van der Waals surface area contributed by atoms with E-state index < -0.39 is 0 Å². The highest BCUT2D eigenvalue weighted by Crippen LogP contribution is 2.21. The summed E-state index contributed by atoms with van der Waals surface area (Å²) in [5.41, 5.74) is 1.07. The minimum Gasteiger partial charge on any atom is -0.315 e. The van der Waals surface area contributed by atoms with Crippen LogP contribution >= 0.6 is 23.1 Å². The molecule has 2 aromatic rings. The average Bonchev–Trinajstić information content (AvgIpc) is 3.01. The second-order valence-electron chi connectivity index (χ2n) is 4.11. The molecule has 2 heterocycles. The molecule has 0 saturated heterocycles. The second kappa shape index (κ2) is 7.56. The third-order valence-corrected chi connectivity index (χ3v) is 4.54. The summed E-state index contributed by atoms with van der Waals surface area (Å²) in [6.07, 6.45) is 1.14. The third-order valence-electron chi connectivity index (χ3n) is 2.42. The molecule has 2 rings (SSSR count). The minimum absolute atomic E-state index is 0.798. The largest absolute Gasteiger partial charge is 0.315 e. The summed E-state index contributed by atoms with van der Waals surface area (Å²) < 4.78 is 1.84. The molecule has 0 saturated carbocycles. The molecule has 0 bridgehead atoms. The van der Waals surface area contributed by atoms with Crippen LogP contribution < -0.4 is 5.32 Å². The molecule has 19 heavy (non-hydrogen) atoms. The summed E-state index contributed by atoms with van der Waals surface area (Å²) in [4.78, 5) is 4.43. The van der Waals surface area contributed by atoms with Gasteiger partial charge < -0.3 is 5.32 Å². The van der Waals surface area contributed by atoms with Crippen LogP contribution in [-0.2, 0) is 12.3 Å². The van der Waals surface area contributed by atoms with Crippen molar-refractivity contribution in [2.45, 2.75) is 37.7 Å². The van der Waals surface area contributed by atoms with Gasteiger partial charge in [0.05, 0.1) is 12.3 Å². The molecule has 1 N–H and O–H groups in total. The van der Waals surface area contributed by atoms with Crippen molar-refractivity contribution in [1.29, 1.82) is 0 Å². The van der Waals surface area contributed by atoms with Crippen LogP contribution in [0.4, 0.5) is 0 Å². The fourth-order valence-electron chi connectivity index (χ4n) is 1.52. The Labute approximate surface area is 121 Å². The van der Waals surface area contributed by atoms with E-state index in [0.29, 0.717) is 0 Å². The predicted molar refractivity (Wildman–Crippen MR) is 77.4 cm³/mol. The van der Waals surface area contributed by atoms with Crippen LogP contribution in [0.15, 0.2) is 10.5 Å². The van der Waals surface area contributed by atoms with Gasteiger partial charge in [0.1, 0.15) is 5.01 Å². The van der Waals surface area contributed by atoms with Crippen LogP contribution in [0, 0.1) is 6.92 Å². The summed E-state index contributed by atoms with van der Waals surface area (Å²) in [7, 11) is 0. The molecule has 0 fully saturated rings. The SMILES string of the molecule is CCCNCCn1nnnc1SCc1nc(C)cs1. The zero-order valence-corrected chi connectivity index (χ0v) is 12.8. The predicted octanol–water partition coefficient (Wildman–Crippen LogP) is 1.73. The summed E-state index contributed by atoms with van der Waals surface area (Å²) in [5.74, 6) is 0.821. The molecular weight excluding hydrogens is 280 g/mol. The van der Waals surface area contributed by atoms with Gasteiger partial charge in [-0.15, -0.1) is 16.4 Å². The number of rotatable bonds is 8. The maximum Gasteiger partial charge on any atom is 0.209 e. The molecule has 104 valence electrons. The highest BCUT2D eigenvalue weighted by Gasteiger charge is 2.08. The van der Waals surface area contributed by atoms with E-state index in [9.17, 15) is 0 Å². The van der Waals surface area contributed by atoms with E-state index in [1.54, 1.807) is 23.1 Å². The summed E-state index contributed by atoms with van der Waals surface area (Å²) in [6, 6.07) is 0. The van der Waals surface area contributed by atoms with Gasteiger partial charge in [0, 0.05) is 17.6 Å². The Morgan fingerprint density at radius 3 is 3.05 bits per heavy atom. The second-order valence-corrected chi connectivity index (χ2v) is 5.99. The molecule has 0 radical (unpaired) electrons. The number of thiazole rings is 1. The standard InChI is InChI=1S/C11H18N6S2/c1-3-4-12-5-6-17-11(14-15-16-17)19-8-10-13-9(2)7-18-10/h7,12H,3-6,8H2,1-2H3. The third kappa shape index (κ3) is 4.55. The molecule has 8 heteroatoms. The molecule has 6 nitrogen and oxygen atoms in total. The minimum atomic E-state index is 0.798. The number of thioether (sulfide) groups is 1. The van der Waals surface area contributed by atoms with Gasteiger partial charge in [-0.25, -0.2) is 9.67 Å². The van der Waals surface area contributed by atoms with E-state index in [1.165, 1.54) is 0 Å². The van der Waals surface area contributed by atoms with Gasteiger partial charge in [-0.2, -0.15) is 0 Å². The fourth-order valence-corrected chi connectivity index (χ4v) is 3.22. The lowest BCUT2D eigenvalue weighted by Crippen LogP contribution is -2.21. The number of hydrogen-bond acceptors (Lipinski definition) is 7. The van der Waals surface area contributed by atoms with Crippen LogP contribution in [0.2, 0.25) is 0 Å². The van der Waals surface area contributed by atoms with Gasteiger partial charge >= 0.3 is 0 Å². The molecule has 2 aromatic heterocycles. The lowest BCUT2D eigenvalue weighted by Gasteiger charge is -2.04. The van der Waals surface area contributed by atoms with Gasteiger partial charge in [-0.05, 0) is 30.3 Å². The molecule has 0 spiro atoms. The van der Waals surface area contributed by atoms with Crippen LogP contribution in [0.5, 0.6) is 0 Å². The van der Waals surface area contributed by atoms with Gasteiger partial charge in [0.2, 0.25) is 5.16 Å². The Bertz CT molecular complexity index is 495. The van der Waals surface area contributed by atoms with Crippen LogP contribution in [0.3, 0.4) is 0 Å². The number of aromatic nitrogens is 5. The topological polar surface area (TPSA) is 68.5 Å². The Morgan fingerprint density at radius 1 is 1.42 bits per heavy atom. The number of nitrogens with zero attached hydrogens (tertiary/aromatic N) is 5. The van der Waals surface area contributed by atoms with Crippen molar-refractivity contribution in [3.8, 4) is 0 Å². The van der Waals surface area contributed by atoms with E-state index in [-0.39, 0.29) is 0 Å². The van der Waals surface area contributed by atoms with E-state index in [2.05, 4.69) is 38.1 Å². The maximum atomic E-state index is 4.43. The highest BCUT2D eigenvalue weighted by molar-refractivity contribution is 7.98. The average molecular weight is 298 g/mol. The molecule has 0 unspecified atom stereocenters. The maximum absolute atomic E-state index is 4.43. The van der Waals surface area contributed by atoms with Gasteiger partial charge in [0.25, 0.3) is 0 Å². The molecular formula is C11H18N6S2. The van der Waals surface area contributed by atoms with Gasteiger partial charge in [0.15, 0.2) is 0 Å². The summed E-state index contributed by atoms with van der Waals surface area (Å²) in [6.45, 7) is 6.88. The van der Waals surface area contributed by atoms with Gasteiger partial charge in [-0.3, -0.25) is 0 Å². The Morgan fingerprint density at radius 2 is 2.32 bits per heavy atom. The zero-order chi connectivity index (χ0) is 13.5. The Balaban J connectivity index is 1.81. The van der Waals surface area contributed by atoms with Crippen molar-refractivity contribution in [3.63, 3.8) is 0 Å². The zero-order valence-electron chi connectivity index (χ0n) is 11.2. The molecule has 0 aliphatic carbocycles. The van der Waals surface area contributed by atoms with E-state index >= 15 is 0 Å². The molecule has 0 atom stereocenters. The van der Waals surface area contributed by atoms with Crippen LogP contribution in [-0.4, -0.2) is 38.3 Å². The van der Waals surface area contributed by atoms with Crippen molar-refractivity contribution < 1.29 is 0 Å². The summed E-state index contributed by atoms with van der Waals surface area (Å²) in [5, 5.41) is 19.2. The number of hydrogen-bond donors (Lipinski definition) is 1. The molecule has 0 aliphatic heterocycles. The van der Waals surface area contributed by atoms with E-state index in [0.717, 1.165) is 47.7 Å². The monoisotopic (exact) mass is 298 g/mol. The normalized spacial score (nSPS) is 11.1. The lowest BCUT2D eigenvalue weighted by atomic mass is 10.5. The summed E-state index contributed by atoms with van der Waals surface area (Å²) >= 11 is 3.31. The van der Waals surface area contributed by atoms with Crippen molar-refractivity contribution >= 4 is 23.1 Å². The Kier molecular flexibility index (Phi) is 5.74. The van der Waals surface area contributed by atoms with Crippen molar-refractivity contribution in [2.75, 3.05) is 13.1 Å². The van der Waals surface area contributed by atoms with Crippen molar-refractivity contribution in [2.24, 2.45) is 0 Å². The van der Waals surface area contributed by atoms with Crippen LogP contribution in [0.1, 0.15) is 24.0 Å². The Hall–Kier alpha value is -0.990. The first-order valence-electron chi connectivity index (χ1n) is 6.30. The van der Waals surface area contributed by atoms with E-state index in [4.69, 9.17) is 0 Å². The number of aryl methyl sites for hydroxylation is 1. The smallest absolute Gasteiger partial charge is 0.209 e. The lowest BCUT2D eigenvalue weighted by molar-refractivity contribution is 0.510. The first-order chi connectivity index (χ1) is 9.29. The van der Waals surface area contributed by atoms with Crippen LogP contribution in [0.25, 0.3) is 0 Å². The quantitative estimate of drug-likeness (QED) is 0.591. The molecule has 0 aliphatic rings. The molecule has 0 amide bonds. The first-order valence-corrected chi connectivity index (χ1v) is 8.16. The number of nitrogens with one attached hydrogen (secondary N) is 1. The van der Waals surface area contributed by atoms with Crippen molar-refractivity contribution in [3.05, 3.63) is 16.1 Å². The van der Waals surface area contributed by atoms with Gasteiger partial charge in [-0.1, -0.05) is 18.7 Å². The number of tetrazole rings is 1. The van der Waals surface area contributed by atoms with Crippen molar-refractivity contribution in [1.82, 2.24) is 30.5 Å². The first kappa shape index (κ1) is 14.4. The molecule has 0 aromatic carbocycles. The fraction of sp³-hybridized carbons (Fsp3) is 0.636.